The fraction of sp³-hybridized carbons (Fsp3) is 0.227. The summed E-state index contributed by atoms with van der Waals surface area (Å²) in [6, 6.07) is 19.7. The van der Waals surface area contributed by atoms with Gasteiger partial charge in [-0.25, -0.2) is 4.98 Å². The highest BCUT2D eigenvalue weighted by Gasteiger charge is 2.26. The Balaban J connectivity index is 1.66. The third kappa shape index (κ3) is 3.53. The van der Waals surface area contributed by atoms with Crippen molar-refractivity contribution >= 4 is 11.8 Å². The molecule has 6 nitrogen and oxygen atoms in total. The first-order chi connectivity index (χ1) is 13.6. The molecule has 0 radical (unpaired) electrons. The number of benzene rings is 2. The van der Waals surface area contributed by atoms with Crippen LogP contribution in [-0.4, -0.2) is 57.3 Å². The summed E-state index contributed by atoms with van der Waals surface area (Å²) < 4.78 is 1.95. The van der Waals surface area contributed by atoms with Gasteiger partial charge >= 0.3 is 0 Å². The van der Waals surface area contributed by atoms with Gasteiger partial charge < -0.3 is 9.80 Å². The summed E-state index contributed by atoms with van der Waals surface area (Å²) >= 11 is 0. The van der Waals surface area contributed by atoms with Crippen molar-refractivity contribution in [2.24, 2.45) is 0 Å². The van der Waals surface area contributed by atoms with Crippen LogP contribution in [0.5, 0.6) is 0 Å². The van der Waals surface area contributed by atoms with Crippen LogP contribution in [0.2, 0.25) is 0 Å². The van der Waals surface area contributed by atoms with Gasteiger partial charge in [0, 0.05) is 50.6 Å². The molecule has 2 aromatic carbocycles. The van der Waals surface area contributed by atoms with E-state index in [0.29, 0.717) is 31.9 Å². The Morgan fingerprint density at radius 1 is 0.821 bits per heavy atom. The van der Waals surface area contributed by atoms with E-state index in [0.717, 1.165) is 17.1 Å². The average molecular weight is 374 g/mol. The maximum atomic E-state index is 13.1. The van der Waals surface area contributed by atoms with Crippen LogP contribution in [0.1, 0.15) is 17.4 Å². The normalized spacial score (nSPS) is 14.2. The molecule has 1 saturated heterocycles. The van der Waals surface area contributed by atoms with Gasteiger partial charge in [-0.15, -0.1) is 0 Å². The smallest absolute Gasteiger partial charge is 0.274 e. The first-order valence-corrected chi connectivity index (χ1v) is 9.38. The number of piperazine rings is 1. The largest absolute Gasteiger partial charge is 0.339 e. The minimum Gasteiger partial charge on any atom is -0.339 e. The zero-order valence-corrected chi connectivity index (χ0v) is 15.8. The minimum absolute atomic E-state index is 0.0480. The van der Waals surface area contributed by atoms with E-state index in [-0.39, 0.29) is 11.8 Å². The Kier molecular flexibility index (Phi) is 4.93. The van der Waals surface area contributed by atoms with E-state index >= 15 is 0 Å². The van der Waals surface area contributed by atoms with Crippen LogP contribution in [0.4, 0.5) is 0 Å². The molecule has 2 amide bonds. The number of nitrogens with zero attached hydrogens (tertiary/aromatic N) is 4. The van der Waals surface area contributed by atoms with E-state index in [1.165, 1.54) is 0 Å². The standard InChI is InChI=1S/C22H22N4O2/c1-17(27)24-12-14-25(15-13-24)22(28)20-16-26(19-10-6-3-7-11-19)21(23-20)18-8-4-2-5-9-18/h2-11,16H,12-15H2,1H3. The van der Waals surface area contributed by atoms with Crippen molar-refractivity contribution in [1.29, 1.82) is 0 Å². The van der Waals surface area contributed by atoms with E-state index in [4.69, 9.17) is 0 Å². The molecular formula is C22H22N4O2. The highest BCUT2D eigenvalue weighted by atomic mass is 16.2. The molecule has 0 aliphatic carbocycles. The molecule has 1 aliphatic rings. The predicted molar refractivity (Wildman–Crippen MR) is 107 cm³/mol. The van der Waals surface area contributed by atoms with E-state index in [1.807, 2.05) is 65.2 Å². The second-order valence-electron chi connectivity index (χ2n) is 6.82. The average Bonchev–Trinajstić information content (AvgIpc) is 3.20. The monoisotopic (exact) mass is 374 g/mol. The van der Waals surface area contributed by atoms with E-state index < -0.39 is 0 Å². The van der Waals surface area contributed by atoms with Gasteiger partial charge in [0.15, 0.2) is 0 Å². The SMILES string of the molecule is CC(=O)N1CCN(C(=O)c2cn(-c3ccccc3)c(-c3ccccc3)n2)CC1. The van der Waals surface area contributed by atoms with E-state index in [2.05, 4.69) is 4.98 Å². The van der Waals surface area contributed by atoms with Gasteiger partial charge in [0.05, 0.1) is 0 Å². The summed E-state index contributed by atoms with van der Waals surface area (Å²) in [5.74, 6) is 0.680. The molecule has 2 heterocycles. The number of carbonyl (C=O) groups is 2. The fourth-order valence-electron chi connectivity index (χ4n) is 3.45. The molecule has 1 fully saturated rings. The summed E-state index contributed by atoms with van der Waals surface area (Å²) in [6.45, 7) is 3.73. The number of amides is 2. The number of aromatic nitrogens is 2. The highest BCUT2D eigenvalue weighted by Crippen LogP contribution is 2.23. The van der Waals surface area contributed by atoms with Crippen LogP contribution in [0.3, 0.4) is 0 Å². The molecule has 1 aliphatic heterocycles. The van der Waals surface area contributed by atoms with Crippen LogP contribution in [0.15, 0.2) is 66.9 Å². The third-order valence-corrected chi connectivity index (χ3v) is 5.00. The third-order valence-electron chi connectivity index (χ3n) is 5.00. The Labute approximate surface area is 164 Å². The lowest BCUT2D eigenvalue weighted by atomic mass is 10.2. The van der Waals surface area contributed by atoms with Crippen LogP contribution in [0, 0.1) is 0 Å². The van der Waals surface area contributed by atoms with E-state index in [9.17, 15) is 9.59 Å². The molecular weight excluding hydrogens is 352 g/mol. The van der Waals surface area contributed by atoms with Gasteiger partial charge in [-0.3, -0.25) is 14.2 Å². The van der Waals surface area contributed by atoms with Gasteiger partial charge in [0.1, 0.15) is 11.5 Å². The van der Waals surface area contributed by atoms with Crippen LogP contribution in [-0.2, 0) is 4.79 Å². The molecule has 3 aromatic rings. The molecule has 0 bridgehead atoms. The topological polar surface area (TPSA) is 58.4 Å². The van der Waals surface area contributed by atoms with Crippen molar-refractivity contribution in [3.05, 3.63) is 72.6 Å². The number of carbonyl (C=O) groups excluding carboxylic acids is 2. The molecule has 0 atom stereocenters. The second-order valence-corrected chi connectivity index (χ2v) is 6.82. The number of imidazole rings is 1. The molecule has 0 saturated carbocycles. The van der Waals surface area contributed by atoms with Crippen molar-refractivity contribution in [2.75, 3.05) is 26.2 Å². The summed E-state index contributed by atoms with van der Waals surface area (Å²) in [4.78, 5) is 32.8. The molecule has 6 heteroatoms. The second kappa shape index (κ2) is 7.68. The Morgan fingerprint density at radius 3 is 2.00 bits per heavy atom. The molecule has 4 rings (SSSR count). The lowest BCUT2D eigenvalue weighted by Gasteiger charge is -2.33. The van der Waals surface area contributed by atoms with Crippen LogP contribution < -0.4 is 0 Å². The van der Waals surface area contributed by atoms with Gasteiger partial charge in [0.2, 0.25) is 5.91 Å². The summed E-state index contributed by atoms with van der Waals surface area (Å²) in [7, 11) is 0. The highest BCUT2D eigenvalue weighted by molar-refractivity contribution is 5.93. The van der Waals surface area contributed by atoms with Crippen LogP contribution in [0.25, 0.3) is 17.1 Å². The number of hydrogen-bond acceptors (Lipinski definition) is 3. The zero-order valence-electron chi connectivity index (χ0n) is 15.8. The lowest BCUT2D eigenvalue weighted by Crippen LogP contribution is -2.50. The van der Waals surface area contributed by atoms with Gasteiger partial charge in [-0.1, -0.05) is 48.5 Å². The number of hydrogen-bond donors (Lipinski definition) is 0. The van der Waals surface area contributed by atoms with E-state index in [1.54, 1.807) is 22.9 Å². The molecule has 0 spiro atoms. The van der Waals surface area contributed by atoms with Gasteiger partial charge in [-0.05, 0) is 12.1 Å². The number of rotatable bonds is 3. The van der Waals surface area contributed by atoms with Gasteiger partial charge in [-0.2, -0.15) is 0 Å². The van der Waals surface area contributed by atoms with Crippen LogP contribution >= 0.6 is 0 Å². The van der Waals surface area contributed by atoms with Crippen molar-refractivity contribution < 1.29 is 9.59 Å². The Hall–Kier alpha value is -3.41. The van der Waals surface area contributed by atoms with Crippen molar-refractivity contribution in [1.82, 2.24) is 19.4 Å². The Bertz CT molecular complexity index is 917. The maximum Gasteiger partial charge on any atom is 0.274 e. The molecule has 0 unspecified atom stereocenters. The molecule has 142 valence electrons. The summed E-state index contributed by atoms with van der Waals surface area (Å²) in [5, 5.41) is 0. The first-order valence-electron chi connectivity index (χ1n) is 9.38. The minimum atomic E-state index is -0.102. The summed E-state index contributed by atoms with van der Waals surface area (Å²) in [5.41, 5.74) is 2.32. The fourth-order valence-corrected chi connectivity index (χ4v) is 3.45. The van der Waals surface area contributed by atoms with Crippen molar-refractivity contribution in [2.45, 2.75) is 6.92 Å². The number of para-hydroxylation sites is 1. The quantitative estimate of drug-likeness (QED) is 0.708. The Morgan fingerprint density at radius 2 is 1.39 bits per heavy atom. The maximum absolute atomic E-state index is 13.1. The van der Waals surface area contributed by atoms with Gasteiger partial charge in [0.25, 0.3) is 5.91 Å². The van der Waals surface area contributed by atoms with Crippen molar-refractivity contribution in [3.63, 3.8) is 0 Å². The zero-order chi connectivity index (χ0) is 19.5. The molecule has 28 heavy (non-hydrogen) atoms. The molecule has 1 aromatic heterocycles. The lowest BCUT2D eigenvalue weighted by molar-refractivity contribution is -0.130. The van der Waals surface area contributed by atoms with Crippen molar-refractivity contribution in [3.8, 4) is 17.1 Å². The summed E-state index contributed by atoms with van der Waals surface area (Å²) in [6.07, 6.45) is 1.80. The first kappa shape index (κ1) is 18.0. The molecule has 0 N–H and O–H groups in total. The predicted octanol–water partition coefficient (Wildman–Crippen LogP) is 2.84.